The van der Waals surface area contributed by atoms with Gasteiger partial charge in [-0.15, -0.1) is 11.3 Å². The van der Waals surface area contributed by atoms with E-state index in [1.54, 1.807) is 41.7 Å². The first-order valence-electron chi connectivity index (χ1n) is 19.2. The third-order valence-corrected chi connectivity index (χ3v) is 12.0. The molecule has 10 rings (SSSR count). The minimum atomic E-state index is 0.0268. The van der Waals surface area contributed by atoms with Crippen LogP contribution in [0.4, 0.5) is 0 Å². The van der Waals surface area contributed by atoms with Crippen LogP contribution in [0.1, 0.15) is 48.5 Å². The number of pyridine rings is 2. The fourth-order valence-corrected chi connectivity index (χ4v) is 8.80. The van der Waals surface area contributed by atoms with Crippen molar-refractivity contribution < 1.29 is 14.3 Å². The van der Waals surface area contributed by atoms with Gasteiger partial charge in [0.1, 0.15) is 11.6 Å². The third kappa shape index (κ3) is 6.87. The molecule has 58 heavy (non-hydrogen) atoms. The molecule has 3 aromatic carbocycles. The standard InChI is InChI=1S/C23H19N3O2S.C22H22N6O/c1-28-16-8-6-15(7-9-16)17-10-12-24-19-14-26(23(27)22(17)19)13-11-21-25-18-4-2-3-5-20(18)29-21;1-14-4-5-19-16(12-14)25-20(26(19)2)8-11-28-13-17-21(22(28)29)15(6-9-23-17)18-7-10-24-27(18)3/h2-10,12H,11,13-14H2,1H3;4-7,9-10,12H,8,11,13H2,1-3H3. The Morgan fingerprint density at radius 2 is 1.41 bits per heavy atom. The van der Waals surface area contributed by atoms with Crippen LogP contribution in [0.3, 0.4) is 0 Å². The van der Waals surface area contributed by atoms with Crippen molar-refractivity contribution in [3.63, 3.8) is 0 Å². The number of fused-ring (bicyclic) bond motifs is 4. The Hall–Kier alpha value is -6.73. The van der Waals surface area contributed by atoms with Crippen LogP contribution in [0.2, 0.25) is 0 Å². The lowest BCUT2D eigenvalue weighted by Gasteiger charge is -2.15. The number of rotatable bonds is 9. The van der Waals surface area contributed by atoms with E-state index >= 15 is 0 Å². The van der Waals surface area contributed by atoms with Crippen molar-refractivity contribution in [2.75, 3.05) is 20.2 Å². The number of carbonyl (C=O) groups excluding carboxylic acids is 2. The lowest BCUT2D eigenvalue weighted by Crippen LogP contribution is -2.27. The minimum Gasteiger partial charge on any atom is -0.497 e. The normalized spacial score (nSPS) is 13.3. The van der Waals surface area contributed by atoms with Gasteiger partial charge in [0.05, 0.1) is 74.7 Å². The molecule has 5 aromatic heterocycles. The Morgan fingerprint density at radius 1 is 0.724 bits per heavy atom. The molecule has 0 unspecified atom stereocenters. The molecule has 0 spiro atoms. The molecule has 0 bridgehead atoms. The van der Waals surface area contributed by atoms with Gasteiger partial charge in [-0.05, 0) is 78.2 Å². The summed E-state index contributed by atoms with van der Waals surface area (Å²) >= 11 is 1.69. The zero-order chi connectivity index (χ0) is 39.9. The number of methoxy groups -OCH3 is 1. The SMILES string of the molecule is COc1ccc(-c2ccnc3c2C(=O)N(CCc2nc4ccccc4s2)C3)cc1.Cc1ccc2c(c1)nc(CCN1Cc3nccc(-c4ccnn4C)c3C1=O)n2C. The average molecular weight is 788 g/mol. The van der Waals surface area contributed by atoms with Gasteiger partial charge in [0.15, 0.2) is 0 Å². The molecule has 0 fully saturated rings. The van der Waals surface area contributed by atoms with Crippen LogP contribution in [-0.2, 0) is 40.0 Å². The van der Waals surface area contributed by atoms with Crippen LogP contribution >= 0.6 is 11.3 Å². The summed E-state index contributed by atoms with van der Waals surface area (Å²) in [7, 11) is 5.56. The maximum absolute atomic E-state index is 13.2. The van der Waals surface area contributed by atoms with Gasteiger partial charge < -0.3 is 19.1 Å². The number of hydrogen-bond donors (Lipinski definition) is 0. The average Bonchev–Trinajstić information content (AvgIpc) is 4.07. The zero-order valence-electron chi connectivity index (χ0n) is 32.7. The summed E-state index contributed by atoms with van der Waals surface area (Å²) in [6.45, 7) is 4.39. The van der Waals surface area contributed by atoms with Crippen LogP contribution < -0.4 is 4.74 Å². The first-order chi connectivity index (χ1) is 28.2. The number of para-hydroxylation sites is 1. The predicted molar refractivity (Wildman–Crippen MR) is 225 cm³/mol. The Kier molecular flexibility index (Phi) is 9.74. The lowest BCUT2D eigenvalue weighted by atomic mass is 10.00. The molecule has 8 aromatic rings. The molecule has 0 N–H and O–H groups in total. The maximum Gasteiger partial charge on any atom is 0.256 e. The van der Waals surface area contributed by atoms with Gasteiger partial charge in [0.2, 0.25) is 0 Å². The molecule has 2 amide bonds. The second-order valence-electron chi connectivity index (χ2n) is 14.5. The number of carbonyl (C=O) groups is 2. The largest absolute Gasteiger partial charge is 0.497 e. The summed E-state index contributed by atoms with van der Waals surface area (Å²) in [4.78, 5) is 48.5. The van der Waals surface area contributed by atoms with Crippen molar-refractivity contribution in [1.82, 2.24) is 44.1 Å². The van der Waals surface area contributed by atoms with Crippen molar-refractivity contribution in [2.45, 2.75) is 32.9 Å². The molecule has 0 saturated carbocycles. The van der Waals surface area contributed by atoms with Gasteiger partial charge in [0.25, 0.3) is 11.8 Å². The van der Waals surface area contributed by atoms with Crippen LogP contribution in [0.25, 0.3) is 43.6 Å². The Bertz CT molecular complexity index is 2810. The summed E-state index contributed by atoms with van der Waals surface area (Å²) in [5.41, 5.74) is 11.1. The fraction of sp³-hybridized carbons (Fsp3) is 0.222. The molecular formula is C45H41N9O3S. The molecule has 13 heteroatoms. The Labute approximate surface area is 339 Å². The lowest BCUT2D eigenvalue weighted by molar-refractivity contribution is 0.0772. The highest BCUT2D eigenvalue weighted by Gasteiger charge is 2.33. The van der Waals surface area contributed by atoms with Gasteiger partial charge in [-0.25, -0.2) is 9.97 Å². The maximum atomic E-state index is 13.2. The molecule has 2 aliphatic heterocycles. The summed E-state index contributed by atoms with van der Waals surface area (Å²) in [5, 5.41) is 5.29. The molecule has 0 aliphatic carbocycles. The first-order valence-corrected chi connectivity index (χ1v) is 20.0. The van der Waals surface area contributed by atoms with Gasteiger partial charge in [-0.3, -0.25) is 24.2 Å². The summed E-state index contributed by atoms with van der Waals surface area (Å²) in [5.74, 6) is 1.84. The van der Waals surface area contributed by atoms with Crippen molar-refractivity contribution >= 4 is 44.4 Å². The second kappa shape index (κ2) is 15.3. The van der Waals surface area contributed by atoms with E-state index in [4.69, 9.17) is 9.72 Å². The highest BCUT2D eigenvalue weighted by atomic mass is 32.1. The van der Waals surface area contributed by atoms with Crippen molar-refractivity contribution in [2.24, 2.45) is 14.1 Å². The number of aromatic nitrogens is 7. The molecule has 7 heterocycles. The van der Waals surface area contributed by atoms with Crippen LogP contribution in [0.15, 0.2) is 104 Å². The molecule has 0 saturated heterocycles. The van der Waals surface area contributed by atoms with Crippen LogP contribution in [-0.4, -0.2) is 76.1 Å². The molecule has 0 atom stereocenters. The van der Waals surface area contributed by atoms with Gasteiger partial charge in [-0.2, -0.15) is 5.10 Å². The van der Waals surface area contributed by atoms with E-state index in [2.05, 4.69) is 55.8 Å². The molecule has 12 nitrogen and oxygen atoms in total. The smallest absolute Gasteiger partial charge is 0.256 e. The second-order valence-corrected chi connectivity index (χ2v) is 15.7. The number of amides is 2. The van der Waals surface area contributed by atoms with Crippen molar-refractivity contribution in [3.05, 3.63) is 142 Å². The Balaban J connectivity index is 0.000000150. The van der Waals surface area contributed by atoms with Gasteiger partial charge in [0, 0.05) is 64.2 Å². The molecular weight excluding hydrogens is 747 g/mol. The summed E-state index contributed by atoms with van der Waals surface area (Å²) in [6.07, 6.45) is 6.74. The number of imidazole rings is 1. The highest BCUT2D eigenvalue weighted by molar-refractivity contribution is 7.18. The van der Waals surface area contributed by atoms with Crippen LogP contribution in [0, 0.1) is 6.92 Å². The van der Waals surface area contributed by atoms with E-state index in [9.17, 15) is 9.59 Å². The van der Waals surface area contributed by atoms with Gasteiger partial charge in [-0.1, -0.05) is 30.3 Å². The quantitative estimate of drug-likeness (QED) is 0.148. The van der Waals surface area contributed by atoms with E-state index < -0.39 is 0 Å². The van der Waals surface area contributed by atoms with E-state index in [0.717, 1.165) is 73.3 Å². The van der Waals surface area contributed by atoms with Gasteiger partial charge >= 0.3 is 0 Å². The van der Waals surface area contributed by atoms with Crippen molar-refractivity contribution in [3.8, 4) is 28.1 Å². The van der Waals surface area contributed by atoms with E-state index in [-0.39, 0.29) is 11.8 Å². The first kappa shape index (κ1) is 36.9. The third-order valence-electron chi connectivity index (χ3n) is 10.9. The topological polar surface area (TPSA) is 124 Å². The van der Waals surface area contributed by atoms with E-state index in [1.165, 1.54) is 10.3 Å². The Morgan fingerprint density at radius 3 is 2.10 bits per heavy atom. The number of thiazole rings is 1. The predicted octanol–water partition coefficient (Wildman–Crippen LogP) is 7.44. The summed E-state index contributed by atoms with van der Waals surface area (Å²) < 4.78 is 10.3. The number of aryl methyl sites for hydroxylation is 3. The summed E-state index contributed by atoms with van der Waals surface area (Å²) in [6, 6.07) is 27.9. The van der Waals surface area contributed by atoms with Crippen molar-refractivity contribution in [1.29, 1.82) is 0 Å². The highest BCUT2D eigenvalue weighted by Crippen LogP contribution is 2.34. The number of benzene rings is 3. The van der Waals surface area contributed by atoms with Crippen LogP contribution in [0.5, 0.6) is 5.75 Å². The number of nitrogens with zero attached hydrogens (tertiary/aromatic N) is 9. The number of ether oxygens (including phenoxy) is 1. The molecule has 290 valence electrons. The minimum absolute atomic E-state index is 0.0268. The van der Waals surface area contributed by atoms with E-state index in [1.807, 2.05) is 84.6 Å². The molecule has 2 aliphatic rings. The fourth-order valence-electron chi connectivity index (χ4n) is 7.85. The van der Waals surface area contributed by atoms with E-state index in [0.29, 0.717) is 43.7 Å². The zero-order valence-corrected chi connectivity index (χ0v) is 33.5. The number of hydrogen-bond acceptors (Lipinski definition) is 9. The molecule has 0 radical (unpaired) electrons. The monoisotopic (exact) mass is 787 g/mol.